The van der Waals surface area contributed by atoms with Gasteiger partial charge in [-0.05, 0) is 36.2 Å². The largest absolute Gasteiger partial charge is 0.398 e. The number of hydrogen-bond acceptors (Lipinski definition) is 5. The first-order valence-electron chi connectivity index (χ1n) is 5.37. The molecule has 6 nitrogen and oxygen atoms in total. The number of aromatic nitrogens is 2. The maximum absolute atomic E-state index is 12.2. The zero-order valence-electron chi connectivity index (χ0n) is 10.3. The summed E-state index contributed by atoms with van der Waals surface area (Å²) in [6.45, 7) is 1.78. The molecule has 0 radical (unpaired) electrons. The van der Waals surface area contributed by atoms with E-state index in [2.05, 4.69) is 14.7 Å². The van der Waals surface area contributed by atoms with Crippen molar-refractivity contribution in [2.45, 2.75) is 11.8 Å². The molecule has 0 aliphatic carbocycles. The van der Waals surface area contributed by atoms with Gasteiger partial charge in [-0.3, -0.25) is 4.72 Å². The summed E-state index contributed by atoms with van der Waals surface area (Å²) in [5.41, 5.74) is 6.87. The highest BCUT2D eigenvalue weighted by Gasteiger charge is 2.16. The lowest BCUT2D eigenvalue weighted by Gasteiger charge is -2.09. The van der Waals surface area contributed by atoms with Crippen LogP contribution >= 0.6 is 23.2 Å². The van der Waals surface area contributed by atoms with E-state index >= 15 is 0 Å². The summed E-state index contributed by atoms with van der Waals surface area (Å²) < 4.78 is 26.6. The molecule has 20 heavy (non-hydrogen) atoms. The van der Waals surface area contributed by atoms with Crippen LogP contribution in [0.4, 0.5) is 11.5 Å². The van der Waals surface area contributed by atoms with E-state index in [1.54, 1.807) is 13.0 Å². The Morgan fingerprint density at radius 1 is 1.20 bits per heavy atom. The first-order chi connectivity index (χ1) is 9.28. The topological polar surface area (TPSA) is 98.0 Å². The maximum atomic E-state index is 12.2. The van der Waals surface area contributed by atoms with E-state index in [-0.39, 0.29) is 21.2 Å². The molecule has 106 valence electrons. The minimum absolute atomic E-state index is 0.0193. The van der Waals surface area contributed by atoms with Gasteiger partial charge in [0.25, 0.3) is 10.0 Å². The lowest BCUT2D eigenvalue weighted by molar-refractivity contribution is 0.601. The molecule has 1 heterocycles. The molecule has 2 aromatic rings. The number of nitrogens with two attached hydrogens (primary N) is 1. The highest BCUT2D eigenvalue weighted by atomic mass is 35.5. The van der Waals surface area contributed by atoms with Crippen molar-refractivity contribution in [3.8, 4) is 0 Å². The molecule has 0 aliphatic heterocycles. The third-order valence-electron chi connectivity index (χ3n) is 2.47. The fourth-order valence-electron chi connectivity index (χ4n) is 1.42. The lowest BCUT2D eigenvalue weighted by Crippen LogP contribution is -2.14. The summed E-state index contributed by atoms with van der Waals surface area (Å²) >= 11 is 11.3. The zero-order chi connectivity index (χ0) is 14.9. The molecule has 0 saturated heterocycles. The Kier molecular flexibility index (Phi) is 4.03. The molecule has 0 bridgehead atoms. The number of nitrogen functional groups attached to an aromatic ring is 1. The number of aryl methyl sites for hydroxylation is 1. The highest BCUT2D eigenvalue weighted by Crippen LogP contribution is 2.21. The van der Waals surface area contributed by atoms with Gasteiger partial charge in [-0.25, -0.2) is 13.4 Å². The Morgan fingerprint density at radius 2 is 1.90 bits per heavy atom. The van der Waals surface area contributed by atoms with Gasteiger partial charge in [0.15, 0.2) is 0 Å². The summed E-state index contributed by atoms with van der Waals surface area (Å²) in [5.74, 6) is -0.0193. The number of halogens is 2. The van der Waals surface area contributed by atoms with Crippen LogP contribution in [-0.4, -0.2) is 18.4 Å². The Hall–Kier alpha value is -1.57. The molecule has 0 aliphatic rings. The van der Waals surface area contributed by atoms with Gasteiger partial charge in [0.2, 0.25) is 5.28 Å². The summed E-state index contributed by atoms with van der Waals surface area (Å²) in [5, 5.41) is -0.121. The predicted molar refractivity (Wildman–Crippen MR) is 78.5 cm³/mol. The molecule has 2 rings (SSSR count). The first-order valence-corrected chi connectivity index (χ1v) is 7.61. The van der Waals surface area contributed by atoms with Crippen LogP contribution in [0.5, 0.6) is 0 Å². The second kappa shape index (κ2) is 5.43. The smallest absolute Gasteiger partial charge is 0.263 e. The second-order valence-electron chi connectivity index (χ2n) is 3.97. The molecule has 0 amide bonds. The van der Waals surface area contributed by atoms with Crippen LogP contribution in [0.2, 0.25) is 10.4 Å². The summed E-state index contributed by atoms with van der Waals surface area (Å²) in [4.78, 5) is 7.38. The van der Waals surface area contributed by atoms with Crippen LogP contribution in [0.1, 0.15) is 5.56 Å². The molecule has 1 aromatic carbocycles. The van der Waals surface area contributed by atoms with E-state index in [0.29, 0.717) is 5.69 Å². The van der Waals surface area contributed by atoms with E-state index < -0.39 is 10.0 Å². The molecule has 1 aromatic heterocycles. The Bertz CT molecular complexity index is 745. The monoisotopic (exact) mass is 332 g/mol. The van der Waals surface area contributed by atoms with Crippen molar-refractivity contribution in [2.75, 3.05) is 10.5 Å². The molecule has 0 unspecified atom stereocenters. The molecule has 0 fully saturated rings. The molecule has 9 heteroatoms. The van der Waals surface area contributed by atoms with Gasteiger partial charge in [0.05, 0.1) is 4.90 Å². The fraction of sp³-hybridized carbons (Fsp3) is 0.0909. The normalized spacial score (nSPS) is 11.3. The van der Waals surface area contributed by atoms with Crippen LogP contribution in [0.15, 0.2) is 29.2 Å². The average Bonchev–Trinajstić information content (AvgIpc) is 2.30. The van der Waals surface area contributed by atoms with Crippen LogP contribution in [0.25, 0.3) is 0 Å². The van der Waals surface area contributed by atoms with Gasteiger partial charge in [-0.2, -0.15) is 4.98 Å². The number of sulfonamides is 1. The second-order valence-corrected chi connectivity index (χ2v) is 6.38. The van der Waals surface area contributed by atoms with Gasteiger partial charge in [-0.1, -0.05) is 17.7 Å². The number of hydrogen-bond donors (Lipinski definition) is 2. The van der Waals surface area contributed by atoms with Crippen molar-refractivity contribution in [1.82, 2.24) is 9.97 Å². The average molecular weight is 333 g/mol. The third kappa shape index (κ3) is 3.30. The van der Waals surface area contributed by atoms with E-state index in [1.807, 2.05) is 0 Å². The molecular weight excluding hydrogens is 323 g/mol. The van der Waals surface area contributed by atoms with Gasteiger partial charge >= 0.3 is 0 Å². The third-order valence-corrected chi connectivity index (χ3v) is 4.18. The minimum Gasteiger partial charge on any atom is -0.398 e. The molecule has 0 saturated carbocycles. The van der Waals surface area contributed by atoms with E-state index in [4.69, 9.17) is 28.9 Å². The first kappa shape index (κ1) is 14.8. The Balaban J connectivity index is 2.37. The Morgan fingerprint density at radius 3 is 2.50 bits per heavy atom. The Labute approximate surface area is 126 Å². The summed E-state index contributed by atoms with van der Waals surface area (Å²) in [7, 11) is -3.82. The lowest BCUT2D eigenvalue weighted by atomic mass is 10.2. The van der Waals surface area contributed by atoms with Gasteiger partial charge < -0.3 is 5.73 Å². The molecule has 0 atom stereocenters. The van der Waals surface area contributed by atoms with E-state index in [1.165, 1.54) is 18.2 Å². The number of rotatable bonds is 3. The fourth-order valence-corrected chi connectivity index (χ4v) is 2.86. The van der Waals surface area contributed by atoms with Crippen molar-refractivity contribution >= 4 is 44.7 Å². The number of anilines is 2. The maximum Gasteiger partial charge on any atom is 0.263 e. The summed E-state index contributed by atoms with van der Waals surface area (Å²) in [6.07, 6.45) is 0. The highest BCUT2D eigenvalue weighted by molar-refractivity contribution is 7.92. The van der Waals surface area contributed by atoms with Gasteiger partial charge in [0.1, 0.15) is 11.0 Å². The number of nitrogens with one attached hydrogen (secondary N) is 1. The van der Waals surface area contributed by atoms with Crippen LogP contribution < -0.4 is 10.5 Å². The van der Waals surface area contributed by atoms with Gasteiger partial charge in [0, 0.05) is 11.8 Å². The molecular formula is C11H10Cl2N4O2S. The number of nitrogens with zero attached hydrogens (tertiary/aromatic N) is 2. The minimum atomic E-state index is -3.82. The van der Waals surface area contributed by atoms with Crippen molar-refractivity contribution in [3.63, 3.8) is 0 Å². The van der Waals surface area contributed by atoms with Gasteiger partial charge in [-0.15, -0.1) is 0 Å². The quantitative estimate of drug-likeness (QED) is 0.511. The van der Waals surface area contributed by atoms with Crippen LogP contribution in [0.3, 0.4) is 0 Å². The van der Waals surface area contributed by atoms with Crippen LogP contribution in [0, 0.1) is 6.92 Å². The van der Waals surface area contributed by atoms with Crippen LogP contribution in [-0.2, 0) is 10.0 Å². The SMILES string of the molecule is Cc1ccc(S(=O)(=O)Nc2cc(Cl)nc(Cl)n2)cc1N. The number of benzene rings is 1. The van der Waals surface area contributed by atoms with Crippen molar-refractivity contribution in [3.05, 3.63) is 40.3 Å². The van der Waals surface area contributed by atoms with Crippen molar-refractivity contribution in [2.24, 2.45) is 0 Å². The standard InChI is InChI=1S/C11H10Cl2N4O2S/c1-6-2-3-7(4-8(6)14)20(18,19)17-10-5-9(12)15-11(13)16-10/h2-5H,14H2,1H3,(H,15,16,17). The van der Waals surface area contributed by atoms with E-state index in [0.717, 1.165) is 5.56 Å². The molecule has 0 spiro atoms. The van der Waals surface area contributed by atoms with Crippen molar-refractivity contribution in [1.29, 1.82) is 0 Å². The summed E-state index contributed by atoms with van der Waals surface area (Å²) in [6, 6.07) is 5.67. The molecule has 3 N–H and O–H groups in total. The predicted octanol–water partition coefficient (Wildman–Crippen LogP) is 2.47. The zero-order valence-corrected chi connectivity index (χ0v) is 12.6. The van der Waals surface area contributed by atoms with E-state index in [9.17, 15) is 8.42 Å². The van der Waals surface area contributed by atoms with Crippen molar-refractivity contribution < 1.29 is 8.42 Å².